The molecule has 0 unspecified atom stereocenters. The van der Waals surface area contributed by atoms with Crippen molar-refractivity contribution in [1.82, 2.24) is 4.98 Å². The predicted molar refractivity (Wildman–Crippen MR) is 71.2 cm³/mol. The van der Waals surface area contributed by atoms with E-state index in [0.29, 0.717) is 28.3 Å². The molecule has 3 rings (SSSR count). The van der Waals surface area contributed by atoms with Crippen LogP contribution in [-0.2, 0) is 0 Å². The Bertz CT molecular complexity index is 748. The van der Waals surface area contributed by atoms with Gasteiger partial charge in [-0.1, -0.05) is 0 Å². The maximum atomic E-state index is 5.44. The molecule has 1 aromatic carbocycles. The summed E-state index contributed by atoms with van der Waals surface area (Å²) in [6.07, 6.45) is 1.59. The highest BCUT2D eigenvalue weighted by Crippen LogP contribution is 2.41. The zero-order valence-electron chi connectivity index (χ0n) is 10.9. The Morgan fingerprint density at radius 3 is 2.42 bits per heavy atom. The number of methoxy groups -OCH3 is 3. The first kappa shape index (κ1) is 11.6. The number of fused-ring (bicyclic) bond motifs is 2. The third-order valence-electron chi connectivity index (χ3n) is 3.05. The van der Waals surface area contributed by atoms with Crippen molar-refractivity contribution in [2.45, 2.75) is 0 Å². The molecule has 0 aliphatic heterocycles. The fourth-order valence-corrected chi connectivity index (χ4v) is 2.21. The van der Waals surface area contributed by atoms with E-state index in [4.69, 9.17) is 18.6 Å². The fraction of sp³-hybridized carbons (Fsp3) is 0.214. The molecule has 5 heteroatoms. The molecule has 0 atom stereocenters. The van der Waals surface area contributed by atoms with Crippen LogP contribution in [0.3, 0.4) is 0 Å². The second kappa shape index (κ2) is 4.35. The van der Waals surface area contributed by atoms with Gasteiger partial charge in [-0.05, 0) is 12.1 Å². The van der Waals surface area contributed by atoms with E-state index < -0.39 is 0 Å². The molecule has 0 bridgehead atoms. The third-order valence-corrected chi connectivity index (χ3v) is 3.05. The molecule has 3 aromatic rings. The van der Waals surface area contributed by atoms with Crippen LogP contribution in [0.25, 0.3) is 22.0 Å². The van der Waals surface area contributed by atoms with Gasteiger partial charge in [0.2, 0.25) is 0 Å². The highest BCUT2D eigenvalue weighted by molar-refractivity contribution is 6.01. The van der Waals surface area contributed by atoms with Gasteiger partial charge in [0, 0.05) is 6.07 Å². The molecule has 0 fully saturated rings. The van der Waals surface area contributed by atoms with Crippen molar-refractivity contribution in [2.24, 2.45) is 0 Å². The van der Waals surface area contributed by atoms with E-state index in [-0.39, 0.29) is 0 Å². The van der Waals surface area contributed by atoms with E-state index in [1.54, 1.807) is 33.7 Å². The van der Waals surface area contributed by atoms with Gasteiger partial charge in [-0.15, -0.1) is 0 Å². The molecule has 0 radical (unpaired) electrons. The van der Waals surface area contributed by atoms with Crippen molar-refractivity contribution in [1.29, 1.82) is 0 Å². The SMILES string of the molecule is COc1ccc2c(OC)c3occc3nc2c1OC. The van der Waals surface area contributed by atoms with E-state index in [9.17, 15) is 0 Å². The van der Waals surface area contributed by atoms with Crippen LogP contribution in [0.2, 0.25) is 0 Å². The van der Waals surface area contributed by atoms with Gasteiger partial charge >= 0.3 is 0 Å². The molecule has 0 saturated heterocycles. The molecular formula is C14H13NO4. The first-order chi connectivity index (χ1) is 9.30. The average molecular weight is 259 g/mol. The van der Waals surface area contributed by atoms with Crippen molar-refractivity contribution < 1.29 is 18.6 Å². The largest absolute Gasteiger partial charge is 0.493 e. The van der Waals surface area contributed by atoms with Gasteiger partial charge in [-0.2, -0.15) is 0 Å². The van der Waals surface area contributed by atoms with Gasteiger partial charge in [-0.25, -0.2) is 4.98 Å². The lowest BCUT2D eigenvalue weighted by atomic mass is 10.1. The van der Waals surface area contributed by atoms with Crippen molar-refractivity contribution in [3.05, 3.63) is 24.5 Å². The minimum Gasteiger partial charge on any atom is -0.493 e. The van der Waals surface area contributed by atoms with Crippen LogP contribution in [0.5, 0.6) is 17.2 Å². The quantitative estimate of drug-likeness (QED) is 0.723. The second-order valence-corrected chi connectivity index (χ2v) is 3.98. The molecular weight excluding hydrogens is 246 g/mol. The van der Waals surface area contributed by atoms with Gasteiger partial charge in [0.05, 0.1) is 33.0 Å². The van der Waals surface area contributed by atoms with Crippen LogP contribution in [0.4, 0.5) is 0 Å². The van der Waals surface area contributed by atoms with Gasteiger partial charge in [0.1, 0.15) is 11.0 Å². The standard InChI is InChI=1S/C14H13NO4/c1-16-10-5-4-8-11(14(10)18-3)15-9-6-7-19-13(9)12(8)17-2/h4-7H,1-3H3. The Morgan fingerprint density at radius 1 is 0.947 bits per heavy atom. The number of nitrogens with zero attached hydrogens (tertiary/aromatic N) is 1. The maximum absolute atomic E-state index is 5.44. The van der Waals surface area contributed by atoms with Crippen molar-refractivity contribution >= 4 is 22.0 Å². The van der Waals surface area contributed by atoms with E-state index in [1.165, 1.54) is 0 Å². The average Bonchev–Trinajstić information content (AvgIpc) is 2.91. The summed E-state index contributed by atoms with van der Waals surface area (Å²) in [5.74, 6) is 1.86. The van der Waals surface area contributed by atoms with Crippen molar-refractivity contribution in [3.8, 4) is 17.2 Å². The van der Waals surface area contributed by atoms with Crippen LogP contribution < -0.4 is 14.2 Å². The van der Waals surface area contributed by atoms with E-state index in [2.05, 4.69) is 4.98 Å². The molecule has 0 N–H and O–H groups in total. The molecule has 0 aliphatic rings. The van der Waals surface area contributed by atoms with Gasteiger partial charge in [-0.3, -0.25) is 0 Å². The van der Waals surface area contributed by atoms with Crippen LogP contribution in [0.15, 0.2) is 28.9 Å². The van der Waals surface area contributed by atoms with Crippen LogP contribution in [-0.4, -0.2) is 26.3 Å². The van der Waals surface area contributed by atoms with E-state index >= 15 is 0 Å². The third kappa shape index (κ3) is 1.58. The molecule has 0 aliphatic carbocycles. The summed E-state index contributed by atoms with van der Waals surface area (Å²) in [4.78, 5) is 4.55. The number of ether oxygens (including phenoxy) is 3. The van der Waals surface area contributed by atoms with Crippen molar-refractivity contribution in [2.75, 3.05) is 21.3 Å². The summed E-state index contributed by atoms with van der Waals surface area (Å²) in [6.45, 7) is 0. The molecule has 2 aromatic heterocycles. The highest BCUT2D eigenvalue weighted by atomic mass is 16.5. The van der Waals surface area contributed by atoms with E-state index in [1.807, 2.05) is 12.1 Å². The topological polar surface area (TPSA) is 53.7 Å². The monoisotopic (exact) mass is 259 g/mol. The molecule has 98 valence electrons. The molecule has 0 amide bonds. The lowest BCUT2D eigenvalue weighted by molar-refractivity contribution is 0.357. The number of pyridine rings is 1. The smallest absolute Gasteiger partial charge is 0.194 e. The number of aromatic nitrogens is 1. The fourth-order valence-electron chi connectivity index (χ4n) is 2.21. The first-order valence-electron chi connectivity index (χ1n) is 5.76. The summed E-state index contributed by atoms with van der Waals surface area (Å²) in [7, 11) is 4.79. The summed E-state index contributed by atoms with van der Waals surface area (Å²) in [6, 6.07) is 5.49. The zero-order valence-corrected chi connectivity index (χ0v) is 10.9. The predicted octanol–water partition coefficient (Wildman–Crippen LogP) is 3.01. The van der Waals surface area contributed by atoms with Crippen LogP contribution in [0.1, 0.15) is 0 Å². The first-order valence-corrected chi connectivity index (χ1v) is 5.76. The number of furan rings is 1. The number of hydrogen-bond acceptors (Lipinski definition) is 5. The van der Waals surface area contributed by atoms with E-state index in [0.717, 1.165) is 10.9 Å². The summed E-state index contributed by atoms with van der Waals surface area (Å²) in [5.41, 5.74) is 2.03. The molecule has 19 heavy (non-hydrogen) atoms. The normalized spacial score (nSPS) is 10.9. The van der Waals surface area contributed by atoms with Gasteiger partial charge in [0.25, 0.3) is 0 Å². The minimum atomic E-state index is 0.585. The van der Waals surface area contributed by atoms with Gasteiger partial charge in [0.15, 0.2) is 22.8 Å². The Kier molecular flexibility index (Phi) is 2.67. The molecule has 0 spiro atoms. The second-order valence-electron chi connectivity index (χ2n) is 3.98. The molecule has 2 heterocycles. The Hall–Kier alpha value is -2.43. The zero-order chi connectivity index (χ0) is 13.4. The van der Waals surface area contributed by atoms with Crippen LogP contribution in [0, 0.1) is 0 Å². The Labute approximate surface area is 109 Å². The molecule has 0 saturated carbocycles. The lowest BCUT2D eigenvalue weighted by Crippen LogP contribution is -1.95. The Balaban J connectivity index is 2.49. The summed E-state index contributed by atoms with van der Waals surface area (Å²) < 4.78 is 21.5. The molecule has 5 nitrogen and oxygen atoms in total. The van der Waals surface area contributed by atoms with Crippen molar-refractivity contribution in [3.63, 3.8) is 0 Å². The summed E-state index contributed by atoms with van der Waals surface area (Å²) >= 11 is 0. The lowest BCUT2D eigenvalue weighted by Gasteiger charge is -2.12. The Morgan fingerprint density at radius 2 is 1.74 bits per heavy atom. The number of rotatable bonds is 3. The summed E-state index contributed by atoms with van der Waals surface area (Å²) in [5, 5.41) is 0.822. The van der Waals surface area contributed by atoms with Crippen LogP contribution >= 0.6 is 0 Å². The highest BCUT2D eigenvalue weighted by Gasteiger charge is 2.18. The minimum absolute atomic E-state index is 0.585. The maximum Gasteiger partial charge on any atom is 0.194 e. The van der Waals surface area contributed by atoms with Gasteiger partial charge < -0.3 is 18.6 Å². The number of benzene rings is 1. The number of hydrogen-bond donors (Lipinski definition) is 0.